The number of carbonyl (C=O) groups is 1. The number of halogens is 1. The summed E-state index contributed by atoms with van der Waals surface area (Å²) < 4.78 is 28.5. The highest BCUT2D eigenvalue weighted by Crippen LogP contribution is 2.34. The van der Waals surface area contributed by atoms with Crippen molar-refractivity contribution in [1.82, 2.24) is 24.1 Å². The number of aryl methyl sites for hydroxylation is 1. The van der Waals surface area contributed by atoms with Gasteiger partial charge in [0.2, 0.25) is 0 Å². The maximum atomic E-state index is 14.4. The van der Waals surface area contributed by atoms with Crippen LogP contribution in [0.2, 0.25) is 0 Å². The van der Waals surface area contributed by atoms with E-state index in [2.05, 4.69) is 10.2 Å². The average Bonchev–Trinajstić information content (AvgIpc) is 3.53. The molecule has 0 aliphatic carbocycles. The van der Waals surface area contributed by atoms with E-state index in [4.69, 9.17) is 9.47 Å². The number of aromatic nitrogens is 5. The van der Waals surface area contributed by atoms with Crippen LogP contribution in [0, 0.1) is 18.7 Å². The number of fused-ring (bicyclic) bond motifs is 1. The molecule has 10 nitrogen and oxygen atoms in total. The van der Waals surface area contributed by atoms with Crippen molar-refractivity contribution in [3.8, 4) is 10.8 Å². The lowest BCUT2D eigenvalue weighted by atomic mass is 10.0. The zero-order valence-corrected chi connectivity index (χ0v) is 24.5. The van der Waals surface area contributed by atoms with Gasteiger partial charge in [0.05, 0.1) is 43.6 Å². The molecule has 214 valence electrons. The first-order valence-electron chi connectivity index (χ1n) is 13.1. The number of thiophene rings is 1. The Hall–Kier alpha value is -3.64. The Bertz CT molecular complexity index is 1640. The van der Waals surface area contributed by atoms with Crippen LogP contribution in [-0.4, -0.2) is 43.1 Å². The number of ketones is 1. The van der Waals surface area contributed by atoms with Gasteiger partial charge >= 0.3 is 5.69 Å². The van der Waals surface area contributed by atoms with Crippen molar-refractivity contribution in [3.05, 3.63) is 68.4 Å². The zero-order valence-electron chi connectivity index (χ0n) is 23.7. The topological polar surface area (TPSA) is 110 Å². The summed E-state index contributed by atoms with van der Waals surface area (Å²) in [5, 5.41) is 9.26. The molecule has 12 heteroatoms. The van der Waals surface area contributed by atoms with Crippen LogP contribution in [0.4, 0.5) is 4.39 Å². The molecule has 0 aliphatic rings. The van der Waals surface area contributed by atoms with Crippen LogP contribution in [0.5, 0.6) is 5.75 Å². The summed E-state index contributed by atoms with van der Waals surface area (Å²) in [4.78, 5) is 42.8. The van der Waals surface area contributed by atoms with Gasteiger partial charge in [0.15, 0.2) is 5.78 Å². The monoisotopic (exact) mass is 571 g/mol. The molecule has 4 rings (SSSR count). The van der Waals surface area contributed by atoms with Crippen LogP contribution in [-0.2, 0) is 16.1 Å². The molecule has 0 unspecified atom stereocenters. The van der Waals surface area contributed by atoms with Gasteiger partial charge in [-0.3, -0.25) is 14.2 Å². The van der Waals surface area contributed by atoms with Gasteiger partial charge < -0.3 is 9.47 Å². The second-order valence-corrected chi connectivity index (χ2v) is 11.4. The lowest BCUT2D eigenvalue weighted by Crippen LogP contribution is -2.44. The Balaban J connectivity index is 2.01. The molecule has 0 N–H and O–H groups in total. The maximum absolute atomic E-state index is 14.4. The van der Waals surface area contributed by atoms with E-state index >= 15 is 0 Å². The molecular formula is C28H34FN5O5S. The van der Waals surface area contributed by atoms with E-state index in [-0.39, 0.29) is 36.2 Å². The third-order valence-corrected chi connectivity index (χ3v) is 7.89. The Morgan fingerprint density at radius 3 is 2.38 bits per heavy atom. The predicted molar refractivity (Wildman–Crippen MR) is 151 cm³/mol. The summed E-state index contributed by atoms with van der Waals surface area (Å²) in [7, 11) is 1.47. The second kappa shape index (κ2) is 11.8. The second-order valence-electron chi connectivity index (χ2n) is 10.4. The van der Waals surface area contributed by atoms with Crippen LogP contribution >= 0.6 is 11.3 Å². The van der Waals surface area contributed by atoms with Crippen LogP contribution in [0.25, 0.3) is 15.2 Å². The van der Waals surface area contributed by atoms with Crippen LogP contribution < -0.4 is 16.0 Å². The van der Waals surface area contributed by atoms with E-state index in [1.54, 1.807) is 13.8 Å². The van der Waals surface area contributed by atoms with Crippen molar-refractivity contribution in [2.45, 2.75) is 72.8 Å². The number of ether oxygens (including phenoxy) is 2. The van der Waals surface area contributed by atoms with Crippen LogP contribution in [0.3, 0.4) is 0 Å². The van der Waals surface area contributed by atoms with Gasteiger partial charge in [-0.1, -0.05) is 25.2 Å². The highest BCUT2D eigenvalue weighted by molar-refractivity contribution is 7.21. The van der Waals surface area contributed by atoms with Crippen LogP contribution in [0.15, 0.2) is 40.2 Å². The molecule has 0 saturated heterocycles. The number of benzene rings is 1. The number of hydrogen-bond acceptors (Lipinski definition) is 8. The number of hydrogen-bond donors (Lipinski definition) is 0. The summed E-state index contributed by atoms with van der Waals surface area (Å²) in [6.07, 6.45) is 2.16. The maximum Gasteiger partial charge on any atom is 0.332 e. The number of Topliss-reactive ketones (excluding diaryl/α,β-unsaturated/α-hetero) is 1. The fourth-order valence-electron chi connectivity index (χ4n) is 4.75. The van der Waals surface area contributed by atoms with E-state index in [9.17, 15) is 18.8 Å². The van der Waals surface area contributed by atoms with Gasteiger partial charge in [0.1, 0.15) is 27.5 Å². The van der Waals surface area contributed by atoms with Gasteiger partial charge in [-0.2, -0.15) is 10.2 Å². The van der Waals surface area contributed by atoms with Crippen LogP contribution in [0.1, 0.15) is 64.3 Å². The van der Waals surface area contributed by atoms with Crippen molar-refractivity contribution in [2.24, 2.45) is 5.92 Å². The van der Waals surface area contributed by atoms with Crippen molar-refractivity contribution < 1.29 is 18.7 Å². The normalized spacial score (nSPS) is 13.3. The first-order valence-corrected chi connectivity index (χ1v) is 13.9. The third-order valence-electron chi connectivity index (χ3n) is 6.60. The summed E-state index contributed by atoms with van der Waals surface area (Å²) >= 11 is 1.19. The van der Waals surface area contributed by atoms with E-state index in [0.717, 1.165) is 4.57 Å². The average molecular weight is 572 g/mol. The lowest BCUT2D eigenvalue weighted by molar-refractivity contribution is -0.122. The molecule has 3 heterocycles. The van der Waals surface area contributed by atoms with Crippen molar-refractivity contribution in [1.29, 1.82) is 0 Å². The molecule has 0 amide bonds. The van der Waals surface area contributed by atoms with Gasteiger partial charge in [0.25, 0.3) is 5.56 Å². The molecule has 40 heavy (non-hydrogen) atoms. The molecule has 0 radical (unpaired) electrons. The molecule has 2 atom stereocenters. The Morgan fingerprint density at radius 1 is 1.10 bits per heavy atom. The summed E-state index contributed by atoms with van der Waals surface area (Å²) in [5.74, 6) is -0.249. The van der Waals surface area contributed by atoms with Crippen molar-refractivity contribution in [3.63, 3.8) is 0 Å². The number of nitrogens with zero attached hydrogens (tertiary/aromatic N) is 5. The summed E-state index contributed by atoms with van der Waals surface area (Å²) in [6, 6.07) is 3.12. The predicted octanol–water partition coefficient (Wildman–Crippen LogP) is 4.60. The first kappa shape index (κ1) is 29.3. The van der Waals surface area contributed by atoms with Gasteiger partial charge in [-0.25, -0.2) is 13.8 Å². The Kier molecular flexibility index (Phi) is 8.69. The quantitative estimate of drug-likeness (QED) is 0.259. The van der Waals surface area contributed by atoms with E-state index < -0.39 is 29.2 Å². The van der Waals surface area contributed by atoms with E-state index in [0.29, 0.717) is 26.7 Å². The first-order chi connectivity index (χ1) is 18.9. The standard InChI is InChI=1S/C28H34FN5O5S/c1-15(2)12-21(35)18(6)33-25(36)24-17(5)26(34-30-10-11-31-34)40-27(24)32(28(33)37)14-23(39-16(3)4)20-13-19(29)8-9-22(20)38-7/h8-11,13,15-16,18,23H,12,14H2,1-7H3/t18-,23-/m0/s1. The minimum absolute atomic E-state index is 0.0567. The van der Waals surface area contributed by atoms with E-state index in [1.807, 2.05) is 27.7 Å². The Morgan fingerprint density at radius 2 is 1.77 bits per heavy atom. The fraction of sp³-hybridized carbons (Fsp3) is 0.464. The SMILES string of the molecule is COc1ccc(F)cc1[C@H](Cn1c(=O)n([C@@H](C)C(=O)CC(C)C)c(=O)c2c(C)c(-n3nccn3)sc21)OC(C)C. The minimum atomic E-state index is -0.989. The van der Waals surface area contributed by atoms with Crippen molar-refractivity contribution >= 4 is 27.3 Å². The Labute approximate surface area is 235 Å². The molecule has 0 aliphatic heterocycles. The largest absolute Gasteiger partial charge is 0.496 e. The molecule has 0 spiro atoms. The molecule has 1 aromatic carbocycles. The van der Waals surface area contributed by atoms with E-state index in [1.165, 1.54) is 58.4 Å². The number of rotatable bonds is 11. The van der Waals surface area contributed by atoms with Gasteiger partial charge in [0, 0.05) is 17.5 Å². The highest BCUT2D eigenvalue weighted by Gasteiger charge is 2.29. The van der Waals surface area contributed by atoms with Gasteiger partial charge in [-0.15, -0.1) is 4.80 Å². The molecule has 4 aromatic rings. The third kappa shape index (κ3) is 5.64. The molecule has 0 saturated carbocycles. The molecule has 0 bridgehead atoms. The fourth-order valence-corrected chi connectivity index (χ4v) is 5.97. The van der Waals surface area contributed by atoms with Gasteiger partial charge in [-0.05, 0) is 51.8 Å². The molecule has 3 aromatic heterocycles. The lowest BCUT2D eigenvalue weighted by Gasteiger charge is -2.25. The molecule has 0 fully saturated rings. The summed E-state index contributed by atoms with van der Waals surface area (Å²) in [6.45, 7) is 10.7. The number of methoxy groups -OCH3 is 1. The smallest absolute Gasteiger partial charge is 0.332 e. The minimum Gasteiger partial charge on any atom is -0.496 e. The zero-order chi connectivity index (χ0) is 29.3. The highest BCUT2D eigenvalue weighted by atomic mass is 32.1. The summed E-state index contributed by atoms with van der Waals surface area (Å²) in [5.41, 5.74) is -0.217. The number of carbonyl (C=O) groups excluding carboxylic acids is 1. The molecular weight excluding hydrogens is 537 g/mol. The van der Waals surface area contributed by atoms with Crippen molar-refractivity contribution in [2.75, 3.05) is 7.11 Å².